The van der Waals surface area contributed by atoms with E-state index < -0.39 is 11.7 Å². The van der Waals surface area contributed by atoms with Gasteiger partial charge in [-0.1, -0.05) is 42.5 Å². The van der Waals surface area contributed by atoms with Crippen molar-refractivity contribution < 1.29 is 14.3 Å². The summed E-state index contributed by atoms with van der Waals surface area (Å²) in [6.45, 7) is 1.76. The van der Waals surface area contributed by atoms with E-state index in [0.717, 1.165) is 11.3 Å². The number of ether oxygens (including phenoxy) is 2. The SMILES string of the molecule is COc1ccc(COC(=O)c2c(-c3ccccc3)nc(=O)[nH]c2C)cc1. The van der Waals surface area contributed by atoms with Crippen molar-refractivity contribution in [3.63, 3.8) is 0 Å². The molecule has 6 nitrogen and oxygen atoms in total. The molecule has 3 aromatic rings. The topological polar surface area (TPSA) is 81.3 Å². The molecule has 26 heavy (non-hydrogen) atoms. The molecule has 1 N–H and O–H groups in total. The Hall–Kier alpha value is -3.41. The minimum Gasteiger partial charge on any atom is -0.497 e. The van der Waals surface area contributed by atoms with Crippen LogP contribution in [0.2, 0.25) is 0 Å². The van der Waals surface area contributed by atoms with E-state index in [0.29, 0.717) is 17.0 Å². The van der Waals surface area contributed by atoms with E-state index in [4.69, 9.17) is 9.47 Å². The number of nitrogens with zero attached hydrogens (tertiary/aromatic N) is 1. The van der Waals surface area contributed by atoms with Crippen molar-refractivity contribution in [1.29, 1.82) is 0 Å². The maximum absolute atomic E-state index is 12.7. The number of hydrogen-bond acceptors (Lipinski definition) is 5. The van der Waals surface area contributed by atoms with Crippen LogP contribution in [0, 0.1) is 6.92 Å². The highest BCUT2D eigenvalue weighted by Gasteiger charge is 2.20. The Morgan fingerprint density at radius 3 is 2.42 bits per heavy atom. The molecule has 0 fully saturated rings. The lowest BCUT2D eigenvalue weighted by Gasteiger charge is -2.11. The fraction of sp³-hybridized carbons (Fsp3) is 0.150. The number of benzene rings is 2. The van der Waals surface area contributed by atoms with Crippen molar-refractivity contribution in [1.82, 2.24) is 9.97 Å². The summed E-state index contributed by atoms with van der Waals surface area (Å²) in [6.07, 6.45) is 0. The number of methoxy groups -OCH3 is 1. The summed E-state index contributed by atoms with van der Waals surface area (Å²) < 4.78 is 10.5. The molecule has 6 heteroatoms. The second-order valence-corrected chi connectivity index (χ2v) is 5.68. The minimum absolute atomic E-state index is 0.107. The summed E-state index contributed by atoms with van der Waals surface area (Å²) in [4.78, 5) is 31.0. The molecule has 0 unspecified atom stereocenters. The number of aromatic amines is 1. The van der Waals surface area contributed by atoms with E-state index in [9.17, 15) is 9.59 Å². The molecule has 0 saturated heterocycles. The first kappa shape index (κ1) is 17.4. The molecule has 0 spiro atoms. The predicted molar refractivity (Wildman–Crippen MR) is 97.1 cm³/mol. The predicted octanol–water partition coefficient (Wildman–Crippen LogP) is 3.11. The van der Waals surface area contributed by atoms with E-state index >= 15 is 0 Å². The van der Waals surface area contributed by atoms with E-state index in [1.54, 1.807) is 38.3 Å². The van der Waals surface area contributed by atoms with Crippen molar-refractivity contribution in [2.24, 2.45) is 0 Å². The molecule has 0 aliphatic heterocycles. The standard InChI is InChI=1S/C20H18N2O4/c1-13-17(18(22-20(24)21-13)15-6-4-3-5-7-15)19(23)26-12-14-8-10-16(25-2)11-9-14/h3-11H,12H2,1-2H3,(H,21,22,24). The molecule has 2 aromatic carbocycles. The molecule has 0 radical (unpaired) electrons. The maximum atomic E-state index is 12.7. The van der Waals surface area contributed by atoms with Gasteiger partial charge in [-0.3, -0.25) is 0 Å². The Bertz CT molecular complexity index is 963. The van der Waals surface area contributed by atoms with Crippen LogP contribution in [0.4, 0.5) is 0 Å². The molecule has 0 aliphatic carbocycles. The van der Waals surface area contributed by atoms with Crippen molar-refractivity contribution in [3.8, 4) is 17.0 Å². The van der Waals surface area contributed by atoms with Crippen LogP contribution in [0.3, 0.4) is 0 Å². The van der Waals surface area contributed by atoms with Crippen molar-refractivity contribution in [2.45, 2.75) is 13.5 Å². The van der Waals surface area contributed by atoms with Gasteiger partial charge in [-0.05, 0) is 24.6 Å². The van der Waals surface area contributed by atoms with Crippen LogP contribution in [-0.4, -0.2) is 23.0 Å². The van der Waals surface area contributed by atoms with Gasteiger partial charge in [0.15, 0.2) is 0 Å². The molecule has 0 bridgehead atoms. The Morgan fingerprint density at radius 2 is 1.77 bits per heavy atom. The van der Waals surface area contributed by atoms with Gasteiger partial charge < -0.3 is 14.5 Å². The number of esters is 1. The van der Waals surface area contributed by atoms with Gasteiger partial charge >= 0.3 is 11.7 Å². The van der Waals surface area contributed by atoms with Crippen molar-refractivity contribution >= 4 is 5.97 Å². The minimum atomic E-state index is -0.541. The number of aromatic nitrogens is 2. The number of nitrogens with one attached hydrogen (secondary N) is 1. The van der Waals surface area contributed by atoms with Crippen LogP contribution in [0.5, 0.6) is 5.75 Å². The molecule has 0 amide bonds. The quantitative estimate of drug-likeness (QED) is 0.715. The summed E-state index contributed by atoms with van der Waals surface area (Å²) in [7, 11) is 1.59. The molecule has 1 heterocycles. The van der Waals surface area contributed by atoms with Crippen molar-refractivity contribution in [2.75, 3.05) is 7.11 Å². The molecular weight excluding hydrogens is 332 g/mol. The normalized spacial score (nSPS) is 10.4. The van der Waals surface area contributed by atoms with Crippen LogP contribution in [-0.2, 0) is 11.3 Å². The molecule has 0 aliphatic rings. The van der Waals surface area contributed by atoms with Gasteiger partial charge in [0.2, 0.25) is 0 Å². The van der Waals surface area contributed by atoms with Gasteiger partial charge in [0.05, 0.1) is 12.8 Å². The summed E-state index contributed by atoms with van der Waals surface area (Å²) in [5, 5.41) is 0. The number of carbonyl (C=O) groups excluding carboxylic acids is 1. The van der Waals surface area contributed by atoms with Gasteiger partial charge in [-0.25, -0.2) is 9.59 Å². The summed E-state index contributed by atoms with van der Waals surface area (Å²) in [5.41, 5.74) is 1.99. The zero-order valence-corrected chi connectivity index (χ0v) is 14.5. The fourth-order valence-corrected chi connectivity index (χ4v) is 2.58. The zero-order chi connectivity index (χ0) is 18.5. The Kier molecular flexibility index (Phi) is 5.12. The average Bonchev–Trinajstić information content (AvgIpc) is 2.66. The van der Waals surface area contributed by atoms with Crippen LogP contribution in [0.1, 0.15) is 21.6 Å². The van der Waals surface area contributed by atoms with Crippen LogP contribution in [0.15, 0.2) is 59.4 Å². The largest absolute Gasteiger partial charge is 0.497 e. The smallest absolute Gasteiger partial charge is 0.345 e. The monoisotopic (exact) mass is 350 g/mol. The summed E-state index contributed by atoms with van der Waals surface area (Å²) in [6, 6.07) is 16.3. The van der Waals surface area contributed by atoms with Gasteiger partial charge in [0.25, 0.3) is 0 Å². The third-order valence-corrected chi connectivity index (χ3v) is 3.90. The molecular formula is C20H18N2O4. The lowest BCUT2D eigenvalue weighted by Crippen LogP contribution is -2.19. The second kappa shape index (κ2) is 7.65. The number of carbonyl (C=O) groups is 1. The molecule has 1 aromatic heterocycles. The Morgan fingerprint density at radius 1 is 1.08 bits per heavy atom. The second-order valence-electron chi connectivity index (χ2n) is 5.68. The average molecular weight is 350 g/mol. The lowest BCUT2D eigenvalue weighted by atomic mass is 10.0. The molecule has 3 rings (SSSR count). The Labute approximate surface area is 150 Å². The fourth-order valence-electron chi connectivity index (χ4n) is 2.58. The highest BCUT2D eigenvalue weighted by atomic mass is 16.5. The third-order valence-electron chi connectivity index (χ3n) is 3.90. The molecule has 132 valence electrons. The summed E-state index contributed by atoms with van der Waals surface area (Å²) in [5.74, 6) is 0.188. The van der Waals surface area contributed by atoms with E-state index in [-0.39, 0.29) is 12.2 Å². The highest BCUT2D eigenvalue weighted by molar-refractivity contribution is 5.97. The van der Waals surface area contributed by atoms with Gasteiger partial charge in [0, 0.05) is 11.3 Å². The zero-order valence-electron chi connectivity index (χ0n) is 14.5. The van der Waals surface area contributed by atoms with Crippen LogP contribution >= 0.6 is 0 Å². The maximum Gasteiger partial charge on any atom is 0.345 e. The molecule has 0 atom stereocenters. The number of rotatable bonds is 5. The molecule has 0 saturated carbocycles. The number of hydrogen-bond donors (Lipinski definition) is 1. The van der Waals surface area contributed by atoms with Gasteiger partial charge in [0.1, 0.15) is 17.9 Å². The highest BCUT2D eigenvalue weighted by Crippen LogP contribution is 2.23. The summed E-state index contributed by atoms with van der Waals surface area (Å²) >= 11 is 0. The lowest BCUT2D eigenvalue weighted by molar-refractivity contribution is 0.0471. The van der Waals surface area contributed by atoms with Crippen molar-refractivity contribution in [3.05, 3.63) is 81.9 Å². The van der Waals surface area contributed by atoms with Crippen LogP contribution in [0.25, 0.3) is 11.3 Å². The van der Waals surface area contributed by atoms with E-state index in [1.807, 2.05) is 30.3 Å². The number of aryl methyl sites for hydroxylation is 1. The first-order valence-electron chi connectivity index (χ1n) is 8.05. The number of H-pyrrole nitrogens is 1. The first-order chi connectivity index (χ1) is 12.6. The van der Waals surface area contributed by atoms with Gasteiger partial charge in [-0.2, -0.15) is 4.98 Å². The van der Waals surface area contributed by atoms with E-state index in [2.05, 4.69) is 9.97 Å². The third kappa shape index (κ3) is 3.80. The first-order valence-corrected chi connectivity index (χ1v) is 8.05. The van der Waals surface area contributed by atoms with E-state index in [1.165, 1.54) is 0 Å². The van der Waals surface area contributed by atoms with Gasteiger partial charge in [-0.15, -0.1) is 0 Å². The Balaban J connectivity index is 1.87. The van der Waals surface area contributed by atoms with Crippen LogP contribution < -0.4 is 10.4 Å².